The monoisotopic (exact) mass is 195 g/mol. The molecule has 0 saturated heterocycles. The minimum absolute atomic E-state index is 0.0240. The first-order valence-electron chi connectivity index (χ1n) is 4.93. The van der Waals surface area contributed by atoms with Crippen LogP contribution in [0.1, 0.15) is 35.8 Å². The van der Waals surface area contributed by atoms with Gasteiger partial charge in [0.1, 0.15) is 0 Å². The predicted molar refractivity (Wildman–Crippen MR) is 55.2 cm³/mol. The summed E-state index contributed by atoms with van der Waals surface area (Å²) in [5, 5.41) is 6.98. The van der Waals surface area contributed by atoms with E-state index in [0.29, 0.717) is 5.56 Å². The molecule has 1 amide bonds. The molecule has 4 heteroatoms. The molecule has 1 heterocycles. The van der Waals surface area contributed by atoms with Crippen molar-refractivity contribution in [3.05, 3.63) is 17.5 Å². The lowest BCUT2D eigenvalue weighted by Gasteiger charge is -2.01. The van der Waals surface area contributed by atoms with E-state index in [4.69, 9.17) is 0 Å². The highest BCUT2D eigenvalue weighted by Gasteiger charge is 2.10. The molecule has 4 nitrogen and oxygen atoms in total. The summed E-state index contributed by atoms with van der Waals surface area (Å²) in [5.41, 5.74) is 1.45. The van der Waals surface area contributed by atoms with Gasteiger partial charge >= 0.3 is 0 Å². The first-order valence-corrected chi connectivity index (χ1v) is 4.93. The average Bonchev–Trinajstić information content (AvgIpc) is 2.45. The molecule has 0 spiro atoms. The first-order chi connectivity index (χ1) is 6.65. The normalized spacial score (nSPS) is 10.2. The van der Waals surface area contributed by atoms with Crippen LogP contribution in [0.2, 0.25) is 0 Å². The Morgan fingerprint density at radius 2 is 2.36 bits per heavy atom. The predicted octanol–water partition coefficient (Wildman–Crippen LogP) is 1.26. The number of aryl methyl sites for hydroxylation is 2. The summed E-state index contributed by atoms with van der Waals surface area (Å²) in [6.07, 6.45) is 3.86. The summed E-state index contributed by atoms with van der Waals surface area (Å²) in [6, 6.07) is 0. The molecular weight excluding hydrogens is 178 g/mol. The zero-order chi connectivity index (χ0) is 10.6. The summed E-state index contributed by atoms with van der Waals surface area (Å²) in [5.74, 6) is -0.0240. The van der Waals surface area contributed by atoms with Crippen LogP contribution in [-0.4, -0.2) is 22.2 Å². The van der Waals surface area contributed by atoms with Crippen LogP contribution in [0.25, 0.3) is 0 Å². The van der Waals surface area contributed by atoms with E-state index in [1.54, 1.807) is 10.9 Å². The lowest BCUT2D eigenvalue weighted by Crippen LogP contribution is -2.24. The van der Waals surface area contributed by atoms with Crippen LogP contribution in [0.5, 0.6) is 0 Å². The number of amides is 1. The Morgan fingerprint density at radius 1 is 1.64 bits per heavy atom. The van der Waals surface area contributed by atoms with Gasteiger partial charge in [0.2, 0.25) is 0 Å². The summed E-state index contributed by atoms with van der Waals surface area (Å²) in [7, 11) is 1.82. The molecule has 0 aliphatic heterocycles. The van der Waals surface area contributed by atoms with Crippen molar-refractivity contribution in [3.63, 3.8) is 0 Å². The highest BCUT2D eigenvalue weighted by atomic mass is 16.1. The molecule has 0 saturated carbocycles. The number of hydrogen-bond donors (Lipinski definition) is 1. The number of carbonyl (C=O) groups is 1. The van der Waals surface area contributed by atoms with E-state index in [9.17, 15) is 4.79 Å². The number of unbranched alkanes of at least 4 members (excludes halogenated alkanes) is 1. The maximum Gasteiger partial charge on any atom is 0.254 e. The van der Waals surface area contributed by atoms with Gasteiger partial charge in [-0.3, -0.25) is 9.48 Å². The van der Waals surface area contributed by atoms with Crippen molar-refractivity contribution in [2.24, 2.45) is 7.05 Å². The fourth-order valence-electron chi connectivity index (χ4n) is 1.30. The highest BCUT2D eigenvalue weighted by molar-refractivity contribution is 5.94. The molecule has 78 valence electrons. The smallest absolute Gasteiger partial charge is 0.254 e. The van der Waals surface area contributed by atoms with Gasteiger partial charge in [0.05, 0.1) is 11.3 Å². The fourth-order valence-corrected chi connectivity index (χ4v) is 1.30. The van der Waals surface area contributed by atoms with Crippen LogP contribution in [0.3, 0.4) is 0 Å². The van der Waals surface area contributed by atoms with E-state index in [2.05, 4.69) is 17.3 Å². The number of rotatable bonds is 4. The first kappa shape index (κ1) is 10.8. The Hall–Kier alpha value is -1.32. The molecule has 0 aliphatic carbocycles. The van der Waals surface area contributed by atoms with E-state index in [-0.39, 0.29) is 5.91 Å². The van der Waals surface area contributed by atoms with E-state index in [1.807, 2.05) is 14.0 Å². The number of carbonyl (C=O) groups excluding carboxylic acids is 1. The second kappa shape index (κ2) is 4.79. The van der Waals surface area contributed by atoms with Crippen molar-refractivity contribution in [1.29, 1.82) is 0 Å². The molecule has 1 rings (SSSR count). The Balaban J connectivity index is 2.56. The number of hydrogen-bond acceptors (Lipinski definition) is 2. The molecule has 0 bridgehead atoms. The fraction of sp³-hybridized carbons (Fsp3) is 0.600. The van der Waals surface area contributed by atoms with Crippen molar-refractivity contribution in [3.8, 4) is 0 Å². The van der Waals surface area contributed by atoms with Crippen molar-refractivity contribution < 1.29 is 4.79 Å². The topological polar surface area (TPSA) is 46.9 Å². The van der Waals surface area contributed by atoms with Crippen LogP contribution in [-0.2, 0) is 7.05 Å². The van der Waals surface area contributed by atoms with Gasteiger partial charge in [-0.2, -0.15) is 5.10 Å². The van der Waals surface area contributed by atoms with Gasteiger partial charge in [-0.25, -0.2) is 0 Å². The molecule has 1 N–H and O–H groups in total. The average molecular weight is 195 g/mol. The molecular formula is C10H17N3O. The van der Waals surface area contributed by atoms with Gasteiger partial charge in [-0.1, -0.05) is 13.3 Å². The molecule has 0 radical (unpaired) electrons. The Bertz CT molecular complexity index is 317. The van der Waals surface area contributed by atoms with Crippen LogP contribution in [0.4, 0.5) is 0 Å². The van der Waals surface area contributed by atoms with Crippen molar-refractivity contribution in [2.75, 3.05) is 6.54 Å². The van der Waals surface area contributed by atoms with E-state index >= 15 is 0 Å². The van der Waals surface area contributed by atoms with Crippen LogP contribution < -0.4 is 5.32 Å². The number of aromatic nitrogens is 2. The molecule has 0 aliphatic rings. The van der Waals surface area contributed by atoms with Gasteiger partial charge in [0.15, 0.2) is 0 Å². The van der Waals surface area contributed by atoms with Gasteiger partial charge in [0.25, 0.3) is 5.91 Å². The van der Waals surface area contributed by atoms with E-state index < -0.39 is 0 Å². The summed E-state index contributed by atoms with van der Waals surface area (Å²) < 4.78 is 1.66. The largest absolute Gasteiger partial charge is 0.352 e. The second-order valence-corrected chi connectivity index (χ2v) is 3.41. The van der Waals surface area contributed by atoms with Crippen LogP contribution >= 0.6 is 0 Å². The standard InChI is InChI=1S/C10H17N3O/c1-4-5-6-11-10(14)9-7-13(3)12-8(9)2/h7H,4-6H2,1-3H3,(H,11,14). The summed E-state index contributed by atoms with van der Waals surface area (Å²) in [6.45, 7) is 4.68. The quantitative estimate of drug-likeness (QED) is 0.735. The van der Waals surface area contributed by atoms with Crippen molar-refractivity contribution in [2.45, 2.75) is 26.7 Å². The zero-order valence-electron chi connectivity index (χ0n) is 9.00. The minimum atomic E-state index is -0.0240. The Kier molecular flexibility index (Phi) is 3.68. The van der Waals surface area contributed by atoms with Gasteiger partial charge in [-0.05, 0) is 13.3 Å². The number of nitrogens with zero attached hydrogens (tertiary/aromatic N) is 2. The highest BCUT2D eigenvalue weighted by Crippen LogP contribution is 2.03. The Labute approximate surface area is 84.3 Å². The Morgan fingerprint density at radius 3 is 2.86 bits per heavy atom. The second-order valence-electron chi connectivity index (χ2n) is 3.41. The minimum Gasteiger partial charge on any atom is -0.352 e. The van der Waals surface area contributed by atoms with Gasteiger partial charge in [0, 0.05) is 19.8 Å². The van der Waals surface area contributed by atoms with Crippen molar-refractivity contribution in [1.82, 2.24) is 15.1 Å². The molecule has 0 unspecified atom stereocenters. The molecule has 14 heavy (non-hydrogen) atoms. The molecule has 0 aromatic carbocycles. The van der Waals surface area contributed by atoms with E-state index in [0.717, 1.165) is 25.1 Å². The van der Waals surface area contributed by atoms with E-state index in [1.165, 1.54) is 0 Å². The third-order valence-electron chi connectivity index (χ3n) is 2.07. The summed E-state index contributed by atoms with van der Waals surface area (Å²) >= 11 is 0. The SMILES string of the molecule is CCCCNC(=O)c1cn(C)nc1C. The molecule has 0 fully saturated rings. The van der Waals surface area contributed by atoms with Gasteiger partial charge in [-0.15, -0.1) is 0 Å². The molecule has 0 atom stereocenters. The van der Waals surface area contributed by atoms with Crippen LogP contribution in [0.15, 0.2) is 6.20 Å². The van der Waals surface area contributed by atoms with Gasteiger partial charge < -0.3 is 5.32 Å². The maximum absolute atomic E-state index is 11.6. The van der Waals surface area contributed by atoms with Crippen LogP contribution in [0, 0.1) is 6.92 Å². The third-order valence-corrected chi connectivity index (χ3v) is 2.07. The lowest BCUT2D eigenvalue weighted by atomic mass is 10.2. The third kappa shape index (κ3) is 2.58. The van der Waals surface area contributed by atoms with Crippen molar-refractivity contribution >= 4 is 5.91 Å². The maximum atomic E-state index is 11.6. The zero-order valence-corrected chi connectivity index (χ0v) is 9.00. The summed E-state index contributed by atoms with van der Waals surface area (Å²) in [4.78, 5) is 11.6. The number of nitrogens with one attached hydrogen (secondary N) is 1. The lowest BCUT2D eigenvalue weighted by molar-refractivity contribution is 0.0952. The molecule has 1 aromatic heterocycles. The molecule has 1 aromatic rings.